The Labute approximate surface area is 156 Å². The van der Waals surface area contributed by atoms with E-state index in [1.54, 1.807) is 0 Å². The zero-order valence-corrected chi connectivity index (χ0v) is 17.1. The second-order valence-corrected chi connectivity index (χ2v) is 6.97. The molecule has 1 unspecified atom stereocenters. The number of aliphatic hydroxyl groups is 1. The molecule has 23 heavy (non-hydrogen) atoms. The highest BCUT2D eigenvalue weighted by atomic mass is 35.5. The van der Waals surface area contributed by atoms with Crippen LogP contribution >= 0.6 is 24.0 Å². The zero-order chi connectivity index (χ0) is 16.5. The van der Waals surface area contributed by atoms with Crippen LogP contribution < -0.4 is 5.32 Å². The van der Waals surface area contributed by atoms with Crippen LogP contribution in [0.2, 0.25) is 0 Å². The molecule has 0 rings (SSSR count). The van der Waals surface area contributed by atoms with Crippen LogP contribution in [0.25, 0.3) is 0 Å². The lowest BCUT2D eigenvalue weighted by molar-refractivity contribution is 0.194. The lowest BCUT2D eigenvalue weighted by Gasteiger charge is -2.11. The first-order chi connectivity index (χ1) is 10.7. The van der Waals surface area contributed by atoms with Crippen molar-refractivity contribution in [1.82, 2.24) is 5.32 Å². The molecule has 0 amide bonds. The van der Waals surface area contributed by atoms with Crippen molar-refractivity contribution in [1.29, 1.82) is 0 Å². The summed E-state index contributed by atoms with van der Waals surface area (Å²) in [7, 11) is 0. The third-order valence-corrected chi connectivity index (χ3v) is 5.03. The smallest absolute Gasteiger partial charge is 0.0799 e. The fraction of sp³-hybridized carbons (Fsp3) is 1.00. The summed E-state index contributed by atoms with van der Waals surface area (Å²) in [5.74, 6) is 1.30. The monoisotopic (exact) mass is 369 g/mol. The molecule has 142 valence electrons. The van der Waals surface area contributed by atoms with Gasteiger partial charge in [0.25, 0.3) is 0 Å². The van der Waals surface area contributed by atoms with E-state index in [1.807, 2.05) is 0 Å². The van der Waals surface area contributed by atoms with Crippen molar-refractivity contribution >= 4 is 24.0 Å². The standard InChI is InChI=1S/C19H40ClNO.ClH/c1-3-18(4-2)14-12-10-8-6-5-7-9-11-13-15-21-17-19(22)16-20;/h18-19,21-22H,3-17H2,1-2H3;1H. The third-order valence-electron chi connectivity index (χ3n) is 4.68. The van der Waals surface area contributed by atoms with Crippen molar-refractivity contribution in [3.63, 3.8) is 0 Å². The molecule has 4 heteroatoms. The van der Waals surface area contributed by atoms with Gasteiger partial charge in [-0.3, -0.25) is 0 Å². The Balaban J connectivity index is 0. The molecule has 0 aliphatic heterocycles. The third kappa shape index (κ3) is 18.7. The molecule has 0 saturated carbocycles. The van der Waals surface area contributed by atoms with E-state index >= 15 is 0 Å². The van der Waals surface area contributed by atoms with Crippen molar-refractivity contribution in [2.24, 2.45) is 5.92 Å². The number of halogens is 2. The van der Waals surface area contributed by atoms with Crippen LogP contribution in [0, 0.1) is 5.92 Å². The van der Waals surface area contributed by atoms with Gasteiger partial charge in [0.15, 0.2) is 0 Å². The summed E-state index contributed by atoms with van der Waals surface area (Å²) in [4.78, 5) is 0. The molecule has 0 aromatic heterocycles. The van der Waals surface area contributed by atoms with Gasteiger partial charge in [-0.05, 0) is 18.9 Å². The Morgan fingerprint density at radius 1 is 0.826 bits per heavy atom. The highest BCUT2D eigenvalue weighted by Crippen LogP contribution is 2.18. The molecule has 0 aliphatic carbocycles. The first-order valence-corrected chi connectivity index (χ1v) is 10.2. The first kappa shape index (κ1) is 25.7. The minimum Gasteiger partial charge on any atom is -0.391 e. The Hall–Kier alpha value is 0.500. The SMILES string of the molecule is CCC(CC)CCCCCCCCCCCNCC(O)CCl.Cl. The Bertz CT molecular complexity index is 214. The number of aliphatic hydroxyl groups excluding tert-OH is 1. The number of unbranched alkanes of at least 4 members (excludes halogenated alkanes) is 8. The highest BCUT2D eigenvalue weighted by molar-refractivity contribution is 6.18. The molecule has 0 aromatic rings. The van der Waals surface area contributed by atoms with E-state index in [4.69, 9.17) is 11.6 Å². The van der Waals surface area contributed by atoms with Gasteiger partial charge < -0.3 is 10.4 Å². The minimum absolute atomic E-state index is 0. The van der Waals surface area contributed by atoms with Crippen LogP contribution in [0.3, 0.4) is 0 Å². The van der Waals surface area contributed by atoms with Gasteiger partial charge in [-0.1, -0.05) is 84.5 Å². The van der Waals surface area contributed by atoms with Gasteiger partial charge in [0.1, 0.15) is 0 Å². The largest absolute Gasteiger partial charge is 0.391 e. The van der Waals surface area contributed by atoms with Crippen LogP contribution in [-0.4, -0.2) is 30.2 Å². The van der Waals surface area contributed by atoms with Gasteiger partial charge >= 0.3 is 0 Å². The summed E-state index contributed by atoms with van der Waals surface area (Å²) in [6, 6.07) is 0. The van der Waals surface area contributed by atoms with E-state index in [0.29, 0.717) is 12.4 Å². The van der Waals surface area contributed by atoms with Crippen LogP contribution in [0.1, 0.15) is 90.9 Å². The van der Waals surface area contributed by atoms with E-state index in [1.165, 1.54) is 77.0 Å². The second-order valence-electron chi connectivity index (χ2n) is 6.67. The first-order valence-electron chi connectivity index (χ1n) is 9.69. The lowest BCUT2D eigenvalue weighted by Crippen LogP contribution is -2.28. The Kier molecular flexibility index (Phi) is 23.0. The lowest BCUT2D eigenvalue weighted by atomic mass is 9.95. The molecular weight excluding hydrogens is 329 g/mol. The molecule has 2 nitrogen and oxygen atoms in total. The maximum atomic E-state index is 9.28. The zero-order valence-electron chi connectivity index (χ0n) is 15.5. The van der Waals surface area contributed by atoms with Crippen LogP contribution in [0.5, 0.6) is 0 Å². The molecule has 0 aromatic carbocycles. The van der Waals surface area contributed by atoms with Gasteiger partial charge in [0.05, 0.1) is 6.10 Å². The molecule has 0 saturated heterocycles. The number of nitrogens with one attached hydrogen (secondary N) is 1. The fourth-order valence-corrected chi connectivity index (χ4v) is 3.05. The van der Waals surface area contributed by atoms with Crippen molar-refractivity contribution in [2.75, 3.05) is 19.0 Å². The molecule has 0 aliphatic rings. The van der Waals surface area contributed by atoms with Crippen LogP contribution in [0.4, 0.5) is 0 Å². The average Bonchev–Trinajstić information content (AvgIpc) is 2.55. The van der Waals surface area contributed by atoms with Crippen LogP contribution in [0.15, 0.2) is 0 Å². The average molecular weight is 370 g/mol. The van der Waals surface area contributed by atoms with Gasteiger partial charge in [-0.15, -0.1) is 24.0 Å². The molecule has 0 fully saturated rings. The quantitative estimate of drug-likeness (QED) is 0.245. The molecular formula is C19H41Cl2NO. The summed E-state index contributed by atoms with van der Waals surface area (Å²) in [6.45, 7) is 6.28. The number of rotatable bonds is 17. The van der Waals surface area contributed by atoms with E-state index in [0.717, 1.165) is 12.5 Å². The van der Waals surface area contributed by atoms with Crippen molar-refractivity contribution in [3.05, 3.63) is 0 Å². The van der Waals surface area contributed by atoms with Crippen molar-refractivity contribution in [3.8, 4) is 0 Å². The van der Waals surface area contributed by atoms with E-state index < -0.39 is 6.10 Å². The normalized spacial score (nSPS) is 12.4. The maximum Gasteiger partial charge on any atom is 0.0799 e. The minimum atomic E-state index is -0.397. The van der Waals surface area contributed by atoms with E-state index in [-0.39, 0.29) is 12.4 Å². The van der Waals surface area contributed by atoms with Crippen molar-refractivity contribution in [2.45, 2.75) is 97.0 Å². The second kappa shape index (κ2) is 20.5. The van der Waals surface area contributed by atoms with E-state index in [9.17, 15) is 5.11 Å². The van der Waals surface area contributed by atoms with Crippen LogP contribution in [-0.2, 0) is 0 Å². The topological polar surface area (TPSA) is 32.3 Å². The molecule has 0 radical (unpaired) electrons. The molecule has 1 atom stereocenters. The molecule has 0 bridgehead atoms. The van der Waals surface area contributed by atoms with Gasteiger partial charge in [-0.25, -0.2) is 0 Å². The van der Waals surface area contributed by atoms with Crippen molar-refractivity contribution < 1.29 is 5.11 Å². The predicted octanol–water partition coefficient (Wildman–Crippen LogP) is 5.93. The Morgan fingerprint density at radius 2 is 1.30 bits per heavy atom. The highest BCUT2D eigenvalue weighted by Gasteiger charge is 2.02. The maximum absolute atomic E-state index is 9.28. The summed E-state index contributed by atoms with van der Waals surface area (Å²) in [5.41, 5.74) is 0. The summed E-state index contributed by atoms with van der Waals surface area (Å²) in [6.07, 6.45) is 16.1. The van der Waals surface area contributed by atoms with Gasteiger partial charge in [0, 0.05) is 12.4 Å². The summed E-state index contributed by atoms with van der Waals surface area (Å²) < 4.78 is 0. The van der Waals surface area contributed by atoms with Gasteiger partial charge in [-0.2, -0.15) is 0 Å². The van der Waals surface area contributed by atoms with Gasteiger partial charge in [0.2, 0.25) is 0 Å². The number of hydrogen-bond donors (Lipinski definition) is 2. The summed E-state index contributed by atoms with van der Waals surface area (Å²) >= 11 is 5.53. The molecule has 2 N–H and O–H groups in total. The fourth-order valence-electron chi connectivity index (χ4n) is 2.94. The Morgan fingerprint density at radius 3 is 1.78 bits per heavy atom. The number of alkyl halides is 1. The predicted molar refractivity (Wildman–Crippen MR) is 107 cm³/mol. The summed E-state index contributed by atoms with van der Waals surface area (Å²) in [5, 5.41) is 12.5. The van der Waals surface area contributed by atoms with E-state index in [2.05, 4.69) is 19.2 Å². The molecule has 0 heterocycles. The number of hydrogen-bond acceptors (Lipinski definition) is 2. The molecule has 0 spiro atoms.